The molecule has 0 aromatic heterocycles. The van der Waals surface area contributed by atoms with Gasteiger partial charge in [0.25, 0.3) is 0 Å². The highest BCUT2D eigenvalue weighted by Gasteiger charge is 2.33. The van der Waals surface area contributed by atoms with Gasteiger partial charge in [0.2, 0.25) is 0 Å². The van der Waals surface area contributed by atoms with Gasteiger partial charge in [0.1, 0.15) is 11.5 Å². The first-order valence-electron chi connectivity index (χ1n) is 8.40. The van der Waals surface area contributed by atoms with E-state index in [0.29, 0.717) is 24.0 Å². The van der Waals surface area contributed by atoms with Gasteiger partial charge in [-0.25, -0.2) is 0 Å². The molecule has 0 fully saturated rings. The van der Waals surface area contributed by atoms with E-state index in [4.69, 9.17) is 0 Å². The Morgan fingerprint density at radius 3 is 1.73 bits per heavy atom. The van der Waals surface area contributed by atoms with Crippen molar-refractivity contribution in [1.82, 2.24) is 0 Å². The van der Waals surface area contributed by atoms with Crippen molar-refractivity contribution in [2.24, 2.45) is 0 Å². The van der Waals surface area contributed by atoms with Crippen molar-refractivity contribution in [3.8, 4) is 11.5 Å². The number of hydrogen-bond acceptors (Lipinski definition) is 3. The van der Waals surface area contributed by atoms with Crippen LogP contribution in [0.1, 0.15) is 35.6 Å². The fourth-order valence-electron chi connectivity index (χ4n) is 3.17. The highest BCUT2D eigenvalue weighted by molar-refractivity contribution is 5.71. The molecule has 0 unspecified atom stereocenters. The van der Waals surface area contributed by atoms with Gasteiger partial charge in [-0.05, 0) is 47.2 Å². The fourth-order valence-corrected chi connectivity index (χ4v) is 3.17. The van der Waals surface area contributed by atoms with E-state index < -0.39 is 11.4 Å². The lowest BCUT2D eigenvalue weighted by molar-refractivity contribution is -0.138. The maximum Gasteiger partial charge on any atom is 0.304 e. The molecule has 136 valence electrons. The zero-order valence-corrected chi connectivity index (χ0v) is 14.9. The van der Waals surface area contributed by atoms with Crippen LogP contribution in [-0.4, -0.2) is 21.3 Å². The molecule has 0 aliphatic heterocycles. The van der Waals surface area contributed by atoms with Crippen molar-refractivity contribution in [1.29, 1.82) is 0 Å². The third-order valence-corrected chi connectivity index (χ3v) is 4.67. The largest absolute Gasteiger partial charge is 0.508 e. The quantitative estimate of drug-likeness (QED) is 0.618. The lowest BCUT2D eigenvalue weighted by Crippen LogP contribution is -2.27. The Bertz CT molecular complexity index is 777. The van der Waals surface area contributed by atoms with Crippen LogP contribution in [0.5, 0.6) is 11.5 Å². The molecule has 0 bridgehead atoms. The molecule has 0 saturated heterocycles. The van der Waals surface area contributed by atoms with Crippen molar-refractivity contribution in [3.05, 3.63) is 84.0 Å². The minimum Gasteiger partial charge on any atom is -0.508 e. The summed E-state index contributed by atoms with van der Waals surface area (Å²) in [5, 5.41) is 29.5. The maximum atomic E-state index is 11.6. The molecule has 0 spiro atoms. The molecule has 0 aliphatic rings. The Labute approximate surface area is 153 Å². The van der Waals surface area contributed by atoms with E-state index >= 15 is 0 Å². The monoisotopic (exact) mass is 352 g/mol. The number of allylic oxidation sites excluding steroid dienone is 2. The van der Waals surface area contributed by atoms with Crippen molar-refractivity contribution < 1.29 is 20.1 Å². The van der Waals surface area contributed by atoms with Crippen LogP contribution < -0.4 is 0 Å². The van der Waals surface area contributed by atoms with Gasteiger partial charge >= 0.3 is 5.97 Å². The number of aliphatic carboxylic acids is 1. The average molecular weight is 352 g/mol. The summed E-state index contributed by atoms with van der Waals surface area (Å²) >= 11 is 0. The first kappa shape index (κ1) is 19.3. The second-order valence-electron chi connectivity index (χ2n) is 6.58. The molecular formula is C22H24O4. The van der Waals surface area contributed by atoms with Gasteiger partial charge in [-0.3, -0.25) is 4.79 Å². The van der Waals surface area contributed by atoms with Crippen LogP contribution in [-0.2, 0) is 23.1 Å². The molecule has 0 atom stereocenters. The number of aromatic hydroxyl groups is 2. The Hall–Kier alpha value is -3.01. The van der Waals surface area contributed by atoms with Crippen molar-refractivity contribution in [2.75, 3.05) is 0 Å². The minimum atomic E-state index is -0.927. The third-order valence-electron chi connectivity index (χ3n) is 4.67. The molecule has 0 heterocycles. The number of rotatable bonds is 8. The lowest BCUT2D eigenvalue weighted by atomic mass is 9.72. The number of carbonyl (C=O) groups is 1. The number of hydrogen-bond donors (Lipinski definition) is 3. The van der Waals surface area contributed by atoms with Crippen LogP contribution in [0.3, 0.4) is 0 Å². The first-order valence-corrected chi connectivity index (χ1v) is 8.40. The fraction of sp³-hybridized carbons (Fsp3) is 0.227. The molecule has 0 radical (unpaired) electrons. The lowest BCUT2D eigenvalue weighted by Gasteiger charge is -2.30. The molecule has 4 nitrogen and oxygen atoms in total. The van der Waals surface area contributed by atoms with Gasteiger partial charge in [0.15, 0.2) is 0 Å². The van der Waals surface area contributed by atoms with Gasteiger partial charge in [-0.1, -0.05) is 43.3 Å². The molecule has 26 heavy (non-hydrogen) atoms. The SMILES string of the molecule is C=CCc1cc(C(C)(CC(=O)O)c2ccc(O)c(CC=C)c2)ccc1O. The first-order chi connectivity index (χ1) is 12.3. The van der Waals surface area contributed by atoms with Crippen LogP contribution in [0, 0.1) is 0 Å². The Morgan fingerprint density at radius 1 is 0.962 bits per heavy atom. The van der Waals surface area contributed by atoms with Crippen molar-refractivity contribution >= 4 is 5.97 Å². The molecule has 4 heteroatoms. The summed E-state index contributed by atoms with van der Waals surface area (Å²) in [6.07, 6.45) is 4.23. The third kappa shape index (κ3) is 3.97. The van der Waals surface area contributed by atoms with Crippen LogP contribution in [0.15, 0.2) is 61.7 Å². The number of phenols is 2. The van der Waals surface area contributed by atoms with Gasteiger partial charge in [-0.2, -0.15) is 0 Å². The van der Waals surface area contributed by atoms with E-state index in [9.17, 15) is 20.1 Å². The normalized spacial score (nSPS) is 11.1. The molecule has 3 N–H and O–H groups in total. The Kier molecular flexibility index (Phi) is 5.88. The van der Waals surface area contributed by atoms with Crippen LogP contribution >= 0.6 is 0 Å². The second kappa shape index (κ2) is 7.91. The molecule has 0 saturated carbocycles. The molecule has 2 aromatic carbocycles. The highest BCUT2D eigenvalue weighted by atomic mass is 16.4. The van der Waals surface area contributed by atoms with Crippen LogP contribution in [0.4, 0.5) is 0 Å². The van der Waals surface area contributed by atoms with Gasteiger partial charge in [0, 0.05) is 5.41 Å². The zero-order chi connectivity index (χ0) is 19.3. The standard InChI is InChI=1S/C22H24O4/c1-4-6-15-12-17(8-10-19(15)23)22(3,14-21(25)26)18-9-11-20(24)16(13-18)7-5-2/h4-5,8-13,23-24H,1-2,6-7,14H2,3H3,(H,25,26). The summed E-state index contributed by atoms with van der Waals surface area (Å²) < 4.78 is 0. The van der Waals surface area contributed by atoms with Crippen molar-refractivity contribution in [2.45, 2.75) is 31.6 Å². The molecule has 0 amide bonds. The van der Waals surface area contributed by atoms with E-state index in [1.54, 1.807) is 36.4 Å². The summed E-state index contributed by atoms with van der Waals surface area (Å²) in [4.78, 5) is 11.6. The predicted molar refractivity (Wildman–Crippen MR) is 103 cm³/mol. The Morgan fingerprint density at radius 2 is 1.38 bits per heavy atom. The average Bonchev–Trinajstić information content (AvgIpc) is 2.58. The Balaban J connectivity index is 2.64. The topological polar surface area (TPSA) is 77.8 Å². The second-order valence-corrected chi connectivity index (χ2v) is 6.58. The number of phenolic OH excluding ortho intramolecular Hbond substituents is 2. The molecular weight excluding hydrogens is 328 g/mol. The molecule has 2 aromatic rings. The van der Waals surface area contributed by atoms with E-state index in [1.165, 1.54) is 0 Å². The van der Waals surface area contributed by atoms with E-state index in [2.05, 4.69) is 13.2 Å². The van der Waals surface area contributed by atoms with Crippen LogP contribution in [0.2, 0.25) is 0 Å². The zero-order valence-electron chi connectivity index (χ0n) is 14.9. The number of carboxylic acid groups (broad SMARTS) is 1. The summed E-state index contributed by atoms with van der Waals surface area (Å²) in [6.45, 7) is 9.25. The number of benzene rings is 2. The van der Waals surface area contributed by atoms with E-state index in [1.807, 2.05) is 19.1 Å². The highest BCUT2D eigenvalue weighted by Crippen LogP contribution is 2.39. The summed E-state index contributed by atoms with van der Waals surface area (Å²) in [7, 11) is 0. The van der Waals surface area contributed by atoms with Crippen LogP contribution in [0.25, 0.3) is 0 Å². The van der Waals surface area contributed by atoms with E-state index in [0.717, 1.165) is 11.1 Å². The molecule has 0 aliphatic carbocycles. The minimum absolute atomic E-state index is 0.121. The van der Waals surface area contributed by atoms with Gasteiger partial charge in [0.05, 0.1) is 6.42 Å². The number of carboxylic acids is 1. The predicted octanol–water partition coefficient (Wildman–Crippen LogP) is 4.34. The smallest absolute Gasteiger partial charge is 0.304 e. The van der Waals surface area contributed by atoms with Gasteiger partial charge in [-0.15, -0.1) is 13.2 Å². The molecule has 2 rings (SSSR count). The summed E-state index contributed by atoms with van der Waals surface area (Å²) in [5.41, 5.74) is 2.13. The van der Waals surface area contributed by atoms with Gasteiger partial charge < -0.3 is 15.3 Å². The maximum absolute atomic E-state index is 11.6. The van der Waals surface area contributed by atoms with E-state index in [-0.39, 0.29) is 17.9 Å². The van der Waals surface area contributed by atoms with Crippen molar-refractivity contribution in [3.63, 3.8) is 0 Å². The summed E-state index contributed by atoms with van der Waals surface area (Å²) in [6, 6.07) is 10.3. The summed E-state index contributed by atoms with van der Waals surface area (Å²) in [5.74, 6) is -0.613.